The number of carbonyl (C=O) groups excluding carboxylic acids is 1. The second-order valence-electron chi connectivity index (χ2n) is 3.35. The van der Waals surface area contributed by atoms with E-state index in [0.717, 1.165) is 0 Å². The summed E-state index contributed by atoms with van der Waals surface area (Å²) in [5, 5.41) is 0.158. The first-order valence-corrected chi connectivity index (χ1v) is 5.01. The molecular formula is C11H11ClF2O. The van der Waals surface area contributed by atoms with Gasteiger partial charge in [-0.15, -0.1) is 0 Å². The van der Waals surface area contributed by atoms with E-state index < -0.39 is 5.92 Å². The van der Waals surface area contributed by atoms with E-state index in [1.165, 1.54) is 18.2 Å². The number of hydrogen-bond acceptors (Lipinski definition) is 1. The number of rotatable bonds is 4. The lowest BCUT2D eigenvalue weighted by molar-refractivity contribution is -0.0140. The van der Waals surface area contributed by atoms with E-state index in [1.807, 2.05) is 0 Å². The molecule has 0 radical (unpaired) electrons. The first kappa shape index (κ1) is 12.1. The van der Waals surface area contributed by atoms with Gasteiger partial charge in [0.2, 0.25) is 0 Å². The summed E-state index contributed by atoms with van der Waals surface area (Å²) >= 11 is 5.64. The third kappa shape index (κ3) is 2.99. The molecule has 0 amide bonds. The molecule has 1 aromatic rings. The molecular weight excluding hydrogens is 222 g/mol. The van der Waals surface area contributed by atoms with Crippen LogP contribution < -0.4 is 0 Å². The highest BCUT2D eigenvalue weighted by molar-refractivity contribution is 6.30. The minimum atomic E-state index is -2.92. The van der Waals surface area contributed by atoms with Gasteiger partial charge in [0, 0.05) is 22.6 Å². The fourth-order valence-corrected chi connectivity index (χ4v) is 1.59. The highest BCUT2D eigenvalue weighted by Crippen LogP contribution is 2.34. The van der Waals surface area contributed by atoms with E-state index in [1.54, 1.807) is 6.92 Å². The quantitative estimate of drug-likeness (QED) is 0.716. The van der Waals surface area contributed by atoms with Crippen molar-refractivity contribution in [2.75, 3.05) is 0 Å². The topological polar surface area (TPSA) is 17.1 Å². The van der Waals surface area contributed by atoms with Crippen LogP contribution in [0.15, 0.2) is 18.2 Å². The van der Waals surface area contributed by atoms with Crippen LogP contribution in [0.3, 0.4) is 0 Å². The molecule has 0 spiro atoms. The lowest BCUT2D eigenvalue weighted by Crippen LogP contribution is -2.13. The van der Waals surface area contributed by atoms with Crippen molar-refractivity contribution in [3.8, 4) is 0 Å². The molecule has 0 heterocycles. The molecule has 15 heavy (non-hydrogen) atoms. The van der Waals surface area contributed by atoms with Crippen molar-refractivity contribution in [2.24, 2.45) is 0 Å². The molecule has 0 fully saturated rings. The standard InChI is InChI=1S/C11H11ClF2O/c1-2-3-11(13,14)9-4-8(7-15)5-10(12)6-9/h4-7H,2-3H2,1H3. The van der Waals surface area contributed by atoms with Gasteiger partial charge in [0.25, 0.3) is 5.92 Å². The average molecular weight is 233 g/mol. The van der Waals surface area contributed by atoms with Crippen LogP contribution in [0.1, 0.15) is 35.7 Å². The second kappa shape index (κ2) is 4.71. The minimum Gasteiger partial charge on any atom is -0.298 e. The van der Waals surface area contributed by atoms with Crippen LogP contribution in [0, 0.1) is 0 Å². The highest BCUT2D eigenvalue weighted by atomic mass is 35.5. The van der Waals surface area contributed by atoms with E-state index in [4.69, 9.17) is 11.6 Å². The maximum absolute atomic E-state index is 13.5. The molecule has 0 saturated carbocycles. The summed E-state index contributed by atoms with van der Waals surface area (Å²) < 4.78 is 27.0. The largest absolute Gasteiger partial charge is 0.298 e. The van der Waals surface area contributed by atoms with Gasteiger partial charge in [-0.2, -0.15) is 0 Å². The van der Waals surface area contributed by atoms with Gasteiger partial charge in [0.1, 0.15) is 6.29 Å². The molecule has 0 atom stereocenters. The fourth-order valence-electron chi connectivity index (χ4n) is 1.35. The Labute approximate surface area is 92.1 Å². The molecule has 0 unspecified atom stereocenters. The molecule has 1 aromatic carbocycles. The van der Waals surface area contributed by atoms with Crippen LogP contribution >= 0.6 is 11.6 Å². The number of alkyl halides is 2. The van der Waals surface area contributed by atoms with Gasteiger partial charge in [-0.25, -0.2) is 8.78 Å². The van der Waals surface area contributed by atoms with E-state index in [0.29, 0.717) is 12.7 Å². The van der Waals surface area contributed by atoms with Crippen molar-refractivity contribution >= 4 is 17.9 Å². The van der Waals surface area contributed by atoms with Gasteiger partial charge >= 0.3 is 0 Å². The van der Waals surface area contributed by atoms with Crippen LogP contribution in [0.25, 0.3) is 0 Å². The zero-order chi connectivity index (χ0) is 11.5. The predicted octanol–water partition coefficient (Wildman–Crippen LogP) is 4.04. The molecule has 1 rings (SSSR count). The molecule has 0 aliphatic carbocycles. The van der Waals surface area contributed by atoms with E-state index >= 15 is 0 Å². The van der Waals surface area contributed by atoms with Crippen molar-refractivity contribution in [3.05, 3.63) is 34.3 Å². The summed E-state index contributed by atoms with van der Waals surface area (Å²) in [6, 6.07) is 3.73. The van der Waals surface area contributed by atoms with E-state index in [9.17, 15) is 13.6 Å². The Morgan fingerprint density at radius 1 is 1.40 bits per heavy atom. The lowest BCUT2D eigenvalue weighted by atomic mass is 10.0. The Balaban J connectivity index is 3.13. The molecule has 0 saturated heterocycles. The summed E-state index contributed by atoms with van der Waals surface area (Å²) in [6.07, 6.45) is 0.638. The zero-order valence-corrected chi connectivity index (χ0v) is 9.02. The third-order valence-electron chi connectivity index (χ3n) is 2.04. The molecule has 82 valence electrons. The van der Waals surface area contributed by atoms with Crippen LogP contribution in [0.4, 0.5) is 8.78 Å². The number of halogens is 3. The Morgan fingerprint density at radius 2 is 2.07 bits per heavy atom. The normalized spacial score (nSPS) is 11.5. The summed E-state index contributed by atoms with van der Waals surface area (Å²) in [5.41, 5.74) is -0.0211. The monoisotopic (exact) mass is 232 g/mol. The summed E-state index contributed by atoms with van der Waals surface area (Å²) in [4.78, 5) is 10.5. The summed E-state index contributed by atoms with van der Waals surface area (Å²) in [7, 11) is 0. The average Bonchev–Trinajstić information content (AvgIpc) is 2.16. The predicted molar refractivity (Wildman–Crippen MR) is 55.6 cm³/mol. The van der Waals surface area contributed by atoms with Crippen LogP contribution in [-0.4, -0.2) is 6.29 Å². The highest BCUT2D eigenvalue weighted by Gasteiger charge is 2.30. The molecule has 0 aliphatic heterocycles. The van der Waals surface area contributed by atoms with Gasteiger partial charge in [-0.3, -0.25) is 4.79 Å². The number of benzene rings is 1. The first-order chi connectivity index (χ1) is 6.99. The van der Waals surface area contributed by atoms with E-state index in [2.05, 4.69) is 0 Å². The van der Waals surface area contributed by atoms with E-state index in [-0.39, 0.29) is 22.6 Å². The second-order valence-corrected chi connectivity index (χ2v) is 3.78. The number of aldehydes is 1. The Bertz CT molecular complexity index is 364. The maximum Gasteiger partial charge on any atom is 0.273 e. The van der Waals surface area contributed by atoms with Gasteiger partial charge in [-0.05, 0) is 18.2 Å². The van der Waals surface area contributed by atoms with Crippen molar-refractivity contribution in [3.63, 3.8) is 0 Å². The van der Waals surface area contributed by atoms with Crippen molar-refractivity contribution in [1.82, 2.24) is 0 Å². The molecule has 1 nitrogen and oxygen atoms in total. The smallest absolute Gasteiger partial charge is 0.273 e. The van der Waals surface area contributed by atoms with Crippen LogP contribution in [-0.2, 0) is 5.92 Å². The van der Waals surface area contributed by atoms with Gasteiger partial charge in [0.05, 0.1) is 0 Å². The fraction of sp³-hybridized carbons (Fsp3) is 0.364. The Kier molecular flexibility index (Phi) is 3.80. The Morgan fingerprint density at radius 3 is 2.60 bits per heavy atom. The summed E-state index contributed by atoms with van der Waals surface area (Å²) in [5.74, 6) is -2.92. The molecule has 0 bridgehead atoms. The Hall–Kier alpha value is -0.960. The molecule has 0 aromatic heterocycles. The minimum absolute atomic E-state index is 0.158. The third-order valence-corrected chi connectivity index (χ3v) is 2.26. The summed E-state index contributed by atoms with van der Waals surface area (Å²) in [6.45, 7) is 1.68. The number of carbonyl (C=O) groups is 1. The SMILES string of the molecule is CCCC(F)(F)c1cc(Cl)cc(C=O)c1. The molecule has 0 N–H and O–H groups in total. The number of hydrogen-bond donors (Lipinski definition) is 0. The maximum atomic E-state index is 13.5. The van der Waals surface area contributed by atoms with Crippen molar-refractivity contribution < 1.29 is 13.6 Å². The lowest BCUT2D eigenvalue weighted by Gasteiger charge is -2.16. The van der Waals surface area contributed by atoms with Crippen LogP contribution in [0.2, 0.25) is 5.02 Å². The van der Waals surface area contributed by atoms with Crippen molar-refractivity contribution in [1.29, 1.82) is 0 Å². The van der Waals surface area contributed by atoms with Gasteiger partial charge < -0.3 is 0 Å². The van der Waals surface area contributed by atoms with Crippen LogP contribution in [0.5, 0.6) is 0 Å². The zero-order valence-electron chi connectivity index (χ0n) is 8.27. The first-order valence-electron chi connectivity index (χ1n) is 4.63. The molecule has 4 heteroatoms. The molecule has 0 aliphatic rings. The van der Waals surface area contributed by atoms with Gasteiger partial charge in [-0.1, -0.05) is 24.9 Å². The van der Waals surface area contributed by atoms with Gasteiger partial charge in [0.15, 0.2) is 0 Å². The van der Waals surface area contributed by atoms with Crippen molar-refractivity contribution in [2.45, 2.75) is 25.7 Å².